The van der Waals surface area contributed by atoms with Crippen LogP contribution in [0.3, 0.4) is 0 Å². The van der Waals surface area contributed by atoms with Gasteiger partial charge in [-0.2, -0.15) is 0 Å². The fraction of sp³-hybridized carbons (Fsp3) is 0.541. The molecule has 15 heteroatoms. The van der Waals surface area contributed by atoms with Gasteiger partial charge in [-0.15, -0.1) is 0 Å². The predicted molar refractivity (Wildman–Crippen MR) is 200 cm³/mol. The average molecular weight is 724 g/mol. The van der Waals surface area contributed by atoms with Crippen LogP contribution in [0.1, 0.15) is 36.8 Å². The summed E-state index contributed by atoms with van der Waals surface area (Å²) in [5, 5.41) is 34.0. The summed E-state index contributed by atoms with van der Waals surface area (Å²) in [7, 11) is 8.51. The monoisotopic (exact) mass is 723 g/mol. The molecule has 5 amide bonds. The van der Waals surface area contributed by atoms with E-state index in [0.717, 1.165) is 16.7 Å². The highest BCUT2D eigenvalue weighted by Crippen LogP contribution is 2.28. The Hall–Kier alpha value is -4.57. The minimum absolute atomic E-state index is 0.0600. The minimum atomic E-state index is -1.00. The number of hydrogen-bond donors (Lipinski definition) is 9. The van der Waals surface area contributed by atoms with Crippen LogP contribution in [0, 0.1) is 0 Å². The van der Waals surface area contributed by atoms with Crippen molar-refractivity contribution in [2.45, 2.75) is 62.7 Å². The maximum absolute atomic E-state index is 14.1. The number of aromatic hydroxyl groups is 1. The first-order valence-corrected chi connectivity index (χ1v) is 18.0. The van der Waals surface area contributed by atoms with Crippen molar-refractivity contribution < 1.29 is 29.1 Å². The molecule has 0 fully saturated rings. The van der Waals surface area contributed by atoms with E-state index in [1.807, 2.05) is 37.4 Å². The van der Waals surface area contributed by atoms with E-state index in [4.69, 9.17) is 0 Å². The van der Waals surface area contributed by atoms with E-state index in [1.54, 1.807) is 33.3 Å². The first kappa shape index (κ1) is 41.8. The van der Waals surface area contributed by atoms with Crippen LogP contribution >= 0.6 is 0 Å². The minimum Gasteiger partial charge on any atom is -0.508 e. The number of fused-ring (bicyclic) bond motifs is 5. The number of amides is 5. The number of rotatable bonds is 17. The SMILES string of the molecule is CNCCC[C@@H]1NC(=O)[C@@H](NC)Cc2cc(ccc2O)-c2cccc(c2)C[C@@H](C(=O)NCC(=O)NCCC[C@H](NC)C(=O)NCCNC)N(C)C1=O. The second kappa shape index (κ2) is 21.7. The molecule has 52 heavy (non-hydrogen) atoms. The molecule has 1 aliphatic heterocycles. The van der Waals surface area contributed by atoms with E-state index in [2.05, 4.69) is 42.5 Å². The van der Waals surface area contributed by atoms with Gasteiger partial charge in [0.15, 0.2) is 0 Å². The van der Waals surface area contributed by atoms with Gasteiger partial charge in [-0.1, -0.05) is 30.3 Å². The Morgan fingerprint density at radius 3 is 2.35 bits per heavy atom. The van der Waals surface area contributed by atoms with E-state index in [9.17, 15) is 29.1 Å². The number of carbonyl (C=O) groups is 5. The standard InChI is InChI=1S/C37H57N9O6/c1-38-15-7-12-29-37(52)46(5)31(36(51)44-23-33(48)42-16-8-11-28(40-3)34(49)43-18-17-39-2)20-24-9-6-10-25(19-24)26-13-14-32(47)27(21-26)22-30(41-4)35(50)45-29/h6,9-10,13-14,19,21,28-31,38-41,47H,7-8,11-12,15-18,20,22-23H2,1-5H3,(H,42,48)(H,43,49)(H,44,51)(H,45,50)/t28-,29-,30-,31-/m0/s1. The van der Waals surface area contributed by atoms with Crippen LogP contribution in [-0.4, -0.2) is 132 Å². The average Bonchev–Trinajstić information content (AvgIpc) is 3.14. The van der Waals surface area contributed by atoms with Crippen molar-refractivity contribution in [1.29, 1.82) is 0 Å². The molecule has 15 nitrogen and oxygen atoms in total. The molecule has 0 radical (unpaired) electrons. The first-order valence-electron chi connectivity index (χ1n) is 18.0. The number of nitrogens with one attached hydrogen (secondary N) is 8. The molecule has 2 aromatic rings. The van der Waals surface area contributed by atoms with Crippen LogP contribution in [0.25, 0.3) is 11.1 Å². The lowest BCUT2D eigenvalue weighted by Crippen LogP contribution is -2.57. The molecule has 1 aliphatic rings. The summed E-state index contributed by atoms with van der Waals surface area (Å²) in [5.74, 6) is -1.82. The van der Waals surface area contributed by atoms with E-state index < -0.39 is 47.8 Å². The summed E-state index contributed by atoms with van der Waals surface area (Å²) in [6.45, 7) is 1.79. The topological polar surface area (TPSA) is 205 Å². The van der Waals surface area contributed by atoms with Gasteiger partial charge in [-0.25, -0.2) is 0 Å². The largest absolute Gasteiger partial charge is 0.508 e. The molecule has 0 saturated heterocycles. The Labute approximate surface area is 306 Å². The zero-order chi connectivity index (χ0) is 38.0. The Balaban J connectivity index is 1.80. The number of hydrogen-bond acceptors (Lipinski definition) is 10. The second-order valence-corrected chi connectivity index (χ2v) is 13.0. The summed E-state index contributed by atoms with van der Waals surface area (Å²) >= 11 is 0. The fourth-order valence-corrected chi connectivity index (χ4v) is 6.12. The van der Waals surface area contributed by atoms with Gasteiger partial charge in [0.1, 0.15) is 17.8 Å². The third-order valence-electron chi connectivity index (χ3n) is 9.26. The summed E-state index contributed by atoms with van der Waals surface area (Å²) < 4.78 is 0. The summed E-state index contributed by atoms with van der Waals surface area (Å²) in [6.07, 6.45) is 2.29. The molecule has 4 atom stereocenters. The van der Waals surface area contributed by atoms with Crippen molar-refractivity contribution in [2.24, 2.45) is 0 Å². The molecule has 0 unspecified atom stereocenters. The van der Waals surface area contributed by atoms with Gasteiger partial charge in [-0.05, 0) is 94.8 Å². The molecule has 9 N–H and O–H groups in total. The van der Waals surface area contributed by atoms with Gasteiger partial charge in [0.25, 0.3) is 0 Å². The summed E-state index contributed by atoms with van der Waals surface area (Å²) in [5.41, 5.74) is 3.02. The fourth-order valence-electron chi connectivity index (χ4n) is 6.12. The number of likely N-dealkylation sites (N-methyl/N-ethyl adjacent to an activating group) is 4. The van der Waals surface area contributed by atoms with Gasteiger partial charge >= 0.3 is 0 Å². The molecule has 286 valence electrons. The van der Waals surface area contributed by atoms with E-state index in [0.29, 0.717) is 57.4 Å². The van der Waals surface area contributed by atoms with Crippen molar-refractivity contribution in [3.05, 3.63) is 53.6 Å². The van der Waals surface area contributed by atoms with Crippen molar-refractivity contribution in [2.75, 3.05) is 68.0 Å². The zero-order valence-corrected chi connectivity index (χ0v) is 31.1. The summed E-state index contributed by atoms with van der Waals surface area (Å²) in [4.78, 5) is 68.0. The molecule has 2 aromatic carbocycles. The number of carbonyl (C=O) groups excluding carboxylic acids is 5. The van der Waals surface area contributed by atoms with Crippen LogP contribution < -0.4 is 42.5 Å². The Kier molecular flexibility index (Phi) is 17.5. The Morgan fingerprint density at radius 1 is 0.885 bits per heavy atom. The normalized spacial score (nSPS) is 18.4. The van der Waals surface area contributed by atoms with Gasteiger partial charge < -0.3 is 52.5 Å². The highest BCUT2D eigenvalue weighted by molar-refractivity contribution is 5.94. The molecule has 3 rings (SSSR count). The van der Waals surface area contributed by atoms with Crippen molar-refractivity contribution in [1.82, 2.24) is 47.4 Å². The first-order chi connectivity index (χ1) is 25.0. The quantitative estimate of drug-likeness (QED) is 0.0911. The molecule has 1 heterocycles. The van der Waals surface area contributed by atoms with Crippen LogP contribution in [0.2, 0.25) is 0 Å². The van der Waals surface area contributed by atoms with Crippen molar-refractivity contribution in [3.8, 4) is 16.9 Å². The lowest BCUT2D eigenvalue weighted by atomic mass is 9.95. The van der Waals surface area contributed by atoms with Gasteiger partial charge in [0.05, 0.1) is 18.6 Å². The molecule has 0 aliphatic carbocycles. The third-order valence-corrected chi connectivity index (χ3v) is 9.26. The van der Waals surface area contributed by atoms with Crippen LogP contribution in [0.15, 0.2) is 42.5 Å². The summed E-state index contributed by atoms with van der Waals surface area (Å²) in [6, 6.07) is 9.75. The molecule has 0 saturated carbocycles. The van der Waals surface area contributed by atoms with E-state index in [1.165, 1.54) is 11.9 Å². The second-order valence-electron chi connectivity index (χ2n) is 13.0. The smallest absolute Gasteiger partial charge is 0.245 e. The lowest BCUT2D eigenvalue weighted by Gasteiger charge is -2.31. The van der Waals surface area contributed by atoms with Gasteiger partial charge in [0, 0.05) is 39.5 Å². The van der Waals surface area contributed by atoms with Gasteiger partial charge in [0.2, 0.25) is 29.5 Å². The van der Waals surface area contributed by atoms with Crippen LogP contribution in [0.4, 0.5) is 0 Å². The molecular weight excluding hydrogens is 666 g/mol. The zero-order valence-electron chi connectivity index (χ0n) is 31.1. The van der Waals surface area contributed by atoms with Crippen molar-refractivity contribution >= 4 is 29.5 Å². The highest BCUT2D eigenvalue weighted by Gasteiger charge is 2.34. The van der Waals surface area contributed by atoms with Crippen LogP contribution in [-0.2, 0) is 36.8 Å². The number of phenols is 1. The Morgan fingerprint density at radius 2 is 1.63 bits per heavy atom. The molecule has 4 bridgehead atoms. The Bertz CT molecular complexity index is 1510. The lowest BCUT2D eigenvalue weighted by molar-refractivity contribution is -0.142. The molecular formula is C37H57N9O6. The molecule has 0 spiro atoms. The van der Waals surface area contributed by atoms with Gasteiger partial charge in [-0.3, -0.25) is 24.0 Å². The maximum atomic E-state index is 14.1. The predicted octanol–water partition coefficient (Wildman–Crippen LogP) is -1.01. The van der Waals surface area contributed by atoms with Crippen LogP contribution in [0.5, 0.6) is 5.75 Å². The molecule has 0 aromatic heterocycles. The highest BCUT2D eigenvalue weighted by atomic mass is 16.3. The van der Waals surface area contributed by atoms with E-state index in [-0.39, 0.29) is 31.0 Å². The van der Waals surface area contributed by atoms with E-state index >= 15 is 0 Å². The maximum Gasteiger partial charge on any atom is 0.245 e. The number of benzene rings is 2. The third kappa shape index (κ3) is 12.6. The number of nitrogens with zero attached hydrogens (tertiary/aromatic N) is 1. The van der Waals surface area contributed by atoms with Crippen molar-refractivity contribution in [3.63, 3.8) is 0 Å². The number of phenolic OH excluding ortho intramolecular Hbond substituents is 1.